The SMILES string of the molecule is CCOc1ccccc1C(=O)N1CC[NH+](Cc2ccc(C)cc2)CC1. The van der Waals surface area contributed by atoms with Gasteiger partial charge in [-0.2, -0.15) is 0 Å². The van der Waals surface area contributed by atoms with E-state index >= 15 is 0 Å². The Bertz CT molecular complexity index is 704. The normalized spacial score (nSPS) is 15.2. The lowest BCUT2D eigenvalue weighted by Crippen LogP contribution is -3.13. The van der Waals surface area contributed by atoms with Crippen molar-refractivity contribution in [1.82, 2.24) is 4.90 Å². The van der Waals surface area contributed by atoms with Crippen LogP contribution in [0, 0.1) is 6.92 Å². The first-order valence-corrected chi connectivity index (χ1v) is 9.07. The largest absolute Gasteiger partial charge is 0.493 e. The molecule has 1 N–H and O–H groups in total. The fourth-order valence-electron chi connectivity index (χ4n) is 3.29. The summed E-state index contributed by atoms with van der Waals surface area (Å²) in [5, 5.41) is 0. The molecular weight excluding hydrogens is 312 g/mol. The van der Waals surface area contributed by atoms with E-state index in [2.05, 4.69) is 31.2 Å². The quantitative estimate of drug-likeness (QED) is 0.903. The van der Waals surface area contributed by atoms with Crippen molar-refractivity contribution in [3.63, 3.8) is 0 Å². The maximum absolute atomic E-state index is 12.8. The fourth-order valence-corrected chi connectivity index (χ4v) is 3.29. The Morgan fingerprint density at radius 3 is 2.44 bits per heavy atom. The molecule has 1 heterocycles. The van der Waals surface area contributed by atoms with Crippen LogP contribution in [0.2, 0.25) is 0 Å². The zero-order valence-electron chi connectivity index (χ0n) is 15.1. The second-order valence-electron chi connectivity index (χ2n) is 6.63. The summed E-state index contributed by atoms with van der Waals surface area (Å²) in [5.41, 5.74) is 3.33. The van der Waals surface area contributed by atoms with Crippen LogP contribution in [-0.4, -0.2) is 43.6 Å². The van der Waals surface area contributed by atoms with E-state index in [9.17, 15) is 4.79 Å². The first kappa shape index (κ1) is 17.5. The minimum Gasteiger partial charge on any atom is -0.493 e. The summed E-state index contributed by atoms with van der Waals surface area (Å²) in [5.74, 6) is 0.767. The predicted molar refractivity (Wildman–Crippen MR) is 99.1 cm³/mol. The highest BCUT2D eigenvalue weighted by Gasteiger charge is 2.26. The summed E-state index contributed by atoms with van der Waals surface area (Å²) in [7, 11) is 0. The smallest absolute Gasteiger partial charge is 0.258 e. The monoisotopic (exact) mass is 339 g/mol. The number of amides is 1. The van der Waals surface area contributed by atoms with E-state index in [1.165, 1.54) is 16.0 Å². The molecular formula is C21H27N2O2+. The van der Waals surface area contributed by atoms with Crippen LogP contribution in [0.1, 0.15) is 28.4 Å². The Hall–Kier alpha value is -2.33. The summed E-state index contributed by atoms with van der Waals surface area (Å²) in [6.45, 7) is 9.19. The fraction of sp³-hybridized carbons (Fsp3) is 0.381. The van der Waals surface area contributed by atoms with Gasteiger partial charge >= 0.3 is 0 Å². The van der Waals surface area contributed by atoms with Crippen molar-refractivity contribution in [1.29, 1.82) is 0 Å². The van der Waals surface area contributed by atoms with Crippen LogP contribution in [0.4, 0.5) is 0 Å². The van der Waals surface area contributed by atoms with Gasteiger partial charge in [-0.25, -0.2) is 0 Å². The lowest BCUT2D eigenvalue weighted by atomic mass is 10.1. The number of piperazine rings is 1. The number of rotatable bonds is 5. The molecule has 1 fully saturated rings. The molecule has 0 aromatic heterocycles. The Morgan fingerprint density at radius 1 is 1.08 bits per heavy atom. The first-order valence-electron chi connectivity index (χ1n) is 9.07. The van der Waals surface area contributed by atoms with Gasteiger partial charge in [-0.1, -0.05) is 42.0 Å². The van der Waals surface area contributed by atoms with E-state index in [4.69, 9.17) is 4.74 Å². The molecule has 1 aliphatic rings. The molecule has 2 aromatic carbocycles. The molecule has 1 saturated heterocycles. The van der Waals surface area contributed by atoms with Crippen molar-refractivity contribution in [3.05, 3.63) is 65.2 Å². The van der Waals surface area contributed by atoms with Crippen LogP contribution in [0.25, 0.3) is 0 Å². The van der Waals surface area contributed by atoms with Gasteiger partial charge in [-0.05, 0) is 26.0 Å². The van der Waals surface area contributed by atoms with Crippen molar-refractivity contribution in [2.45, 2.75) is 20.4 Å². The predicted octanol–water partition coefficient (Wildman–Crippen LogP) is 1.93. The number of hydrogen-bond acceptors (Lipinski definition) is 2. The van der Waals surface area contributed by atoms with Crippen LogP contribution >= 0.6 is 0 Å². The van der Waals surface area contributed by atoms with E-state index in [-0.39, 0.29) is 5.91 Å². The third kappa shape index (κ3) is 4.40. The number of ether oxygens (including phenoxy) is 1. The van der Waals surface area contributed by atoms with Crippen LogP contribution in [0.5, 0.6) is 5.75 Å². The average Bonchev–Trinajstić information content (AvgIpc) is 2.64. The number of carbonyl (C=O) groups excluding carboxylic acids is 1. The Labute approximate surface area is 150 Å². The second-order valence-corrected chi connectivity index (χ2v) is 6.63. The van der Waals surface area contributed by atoms with Gasteiger partial charge in [0.15, 0.2) is 0 Å². The number of quaternary nitrogens is 1. The molecule has 1 aliphatic heterocycles. The summed E-state index contributed by atoms with van der Waals surface area (Å²) in [6, 6.07) is 16.3. The van der Waals surface area contributed by atoms with E-state index in [1.807, 2.05) is 36.1 Å². The van der Waals surface area contributed by atoms with E-state index in [0.29, 0.717) is 17.9 Å². The van der Waals surface area contributed by atoms with Gasteiger partial charge in [0.1, 0.15) is 12.3 Å². The van der Waals surface area contributed by atoms with Gasteiger partial charge in [-0.15, -0.1) is 0 Å². The van der Waals surface area contributed by atoms with Crippen LogP contribution in [-0.2, 0) is 6.54 Å². The number of para-hydroxylation sites is 1. The van der Waals surface area contributed by atoms with Crippen molar-refractivity contribution >= 4 is 5.91 Å². The molecule has 0 aliphatic carbocycles. The number of nitrogens with zero attached hydrogens (tertiary/aromatic N) is 1. The zero-order chi connectivity index (χ0) is 17.6. The van der Waals surface area contributed by atoms with Gasteiger partial charge < -0.3 is 14.5 Å². The molecule has 0 radical (unpaired) electrons. The van der Waals surface area contributed by atoms with Gasteiger partial charge in [-0.3, -0.25) is 4.79 Å². The minimum absolute atomic E-state index is 0.0819. The number of hydrogen-bond donors (Lipinski definition) is 1. The van der Waals surface area contributed by atoms with Crippen molar-refractivity contribution < 1.29 is 14.4 Å². The zero-order valence-corrected chi connectivity index (χ0v) is 15.1. The first-order chi connectivity index (χ1) is 12.2. The molecule has 4 heteroatoms. The highest BCUT2D eigenvalue weighted by molar-refractivity contribution is 5.97. The highest BCUT2D eigenvalue weighted by atomic mass is 16.5. The summed E-state index contributed by atoms with van der Waals surface area (Å²) < 4.78 is 5.61. The van der Waals surface area contributed by atoms with Crippen LogP contribution < -0.4 is 9.64 Å². The second kappa shape index (κ2) is 8.17. The Balaban J connectivity index is 1.58. The van der Waals surface area contributed by atoms with Crippen LogP contribution in [0.3, 0.4) is 0 Å². The standard InChI is InChI=1S/C21H26N2O2/c1-3-25-20-7-5-4-6-19(20)21(24)23-14-12-22(13-15-23)16-18-10-8-17(2)9-11-18/h4-11H,3,12-16H2,1-2H3/p+1. The number of nitrogens with one attached hydrogen (secondary N) is 1. The molecule has 0 saturated carbocycles. The molecule has 2 aromatic rings. The lowest BCUT2D eigenvalue weighted by Gasteiger charge is -2.32. The van der Waals surface area contributed by atoms with Gasteiger partial charge in [0.2, 0.25) is 0 Å². The third-order valence-corrected chi connectivity index (χ3v) is 4.75. The maximum atomic E-state index is 12.8. The maximum Gasteiger partial charge on any atom is 0.258 e. The summed E-state index contributed by atoms with van der Waals surface area (Å²) in [6.07, 6.45) is 0. The van der Waals surface area contributed by atoms with Crippen molar-refractivity contribution in [3.8, 4) is 5.75 Å². The number of aryl methyl sites for hydroxylation is 1. The van der Waals surface area contributed by atoms with E-state index in [0.717, 1.165) is 32.7 Å². The lowest BCUT2D eigenvalue weighted by molar-refractivity contribution is -0.917. The van der Waals surface area contributed by atoms with Gasteiger partial charge in [0.05, 0.1) is 38.3 Å². The summed E-state index contributed by atoms with van der Waals surface area (Å²) in [4.78, 5) is 16.3. The molecule has 0 unspecified atom stereocenters. The Kier molecular flexibility index (Phi) is 5.71. The van der Waals surface area contributed by atoms with Gasteiger partial charge in [0, 0.05) is 5.56 Å². The molecule has 1 amide bonds. The average molecular weight is 339 g/mol. The molecule has 25 heavy (non-hydrogen) atoms. The molecule has 4 nitrogen and oxygen atoms in total. The topological polar surface area (TPSA) is 34.0 Å². The number of carbonyl (C=O) groups is 1. The number of benzene rings is 2. The molecule has 0 bridgehead atoms. The Morgan fingerprint density at radius 2 is 1.76 bits per heavy atom. The van der Waals surface area contributed by atoms with Crippen molar-refractivity contribution in [2.75, 3.05) is 32.8 Å². The molecule has 0 spiro atoms. The molecule has 0 atom stereocenters. The third-order valence-electron chi connectivity index (χ3n) is 4.75. The molecule has 3 rings (SSSR count). The van der Waals surface area contributed by atoms with E-state index in [1.54, 1.807) is 0 Å². The minimum atomic E-state index is 0.0819. The molecule has 132 valence electrons. The summed E-state index contributed by atoms with van der Waals surface area (Å²) >= 11 is 0. The van der Waals surface area contributed by atoms with E-state index < -0.39 is 0 Å². The van der Waals surface area contributed by atoms with Crippen LogP contribution in [0.15, 0.2) is 48.5 Å². The van der Waals surface area contributed by atoms with Crippen molar-refractivity contribution in [2.24, 2.45) is 0 Å². The van der Waals surface area contributed by atoms with Gasteiger partial charge in [0.25, 0.3) is 5.91 Å². The highest BCUT2D eigenvalue weighted by Crippen LogP contribution is 2.20.